The fourth-order valence-electron chi connectivity index (χ4n) is 2.44. The second-order valence-electron chi connectivity index (χ2n) is 5.20. The number of para-hydroxylation sites is 1. The van der Waals surface area contributed by atoms with Crippen molar-refractivity contribution in [3.63, 3.8) is 0 Å². The van der Waals surface area contributed by atoms with E-state index in [1.807, 2.05) is 30.3 Å². The monoisotopic (exact) mass is 273 g/mol. The molecule has 2 atom stereocenters. The zero-order chi connectivity index (χ0) is 13.8. The summed E-state index contributed by atoms with van der Waals surface area (Å²) in [6.07, 6.45) is 0.660. The summed E-state index contributed by atoms with van der Waals surface area (Å²) in [5.41, 5.74) is 0. The minimum atomic E-state index is 0.339. The SMILES string of the molecule is C[C@@H]1CNC[C@H]1c1nc(CCOc2ccccc2)no1. The van der Waals surface area contributed by atoms with E-state index in [4.69, 9.17) is 9.26 Å². The van der Waals surface area contributed by atoms with Crippen LogP contribution in [-0.2, 0) is 6.42 Å². The first-order valence-electron chi connectivity index (χ1n) is 7.04. The number of nitrogens with one attached hydrogen (secondary N) is 1. The number of nitrogens with zero attached hydrogens (tertiary/aromatic N) is 2. The molecule has 0 bridgehead atoms. The van der Waals surface area contributed by atoms with Crippen molar-refractivity contribution < 1.29 is 9.26 Å². The third-order valence-corrected chi connectivity index (χ3v) is 3.66. The van der Waals surface area contributed by atoms with Gasteiger partial charge in [0, 0.05) is 13.0 Å². The van der Waals surface area contributed by atoms with Crippen LogP contribution in [0.4, 0.5) is 0 Å². The third kappa shape index (κ3) is 2.99. The lowest BCUT2D eigenvalue weighted by Crippen LogP contribution is -2.08. The van der Waals surface area contributed by atoms with Crippen LogP contribution in [0.1, 0.15) is 24.6 Å². The Labute approximate surface area is 118 Å². The highest BCUT2D eigenvalue weighted by atomic mass is 16.5. The lowest BCUT2D eigenvalue weighted by Gasteiger charge is -2.07. The van der Waals surface area contributed by atoms with E-state index in [0.29, 0.717) is 24.9 Å². The van der Waals surface area contributed by atoms with Crippen LogP contribution in [0.3, 0.4) is 0 Å². The Kier molecular flexibility index (Phi) is 3.97. The van der Waals surface area contributed by atoms with Gasteiger partial charge in [-0.1, -0.05) is 30.3 Å². The molecule has 2 heterocycles. The Morgan fingerprint density at radius 1 is 1.30 bits per heavy atom. The van der Waals surface area contributed by atoms with Crippen molar-refractivity contribution in [3.8, 4) is 5.75 Å². The highest BCUT2D eigenvalue weighted by Gasteiger charge is 2.29. The van der Waals surface area contributed by atoms with Crippen LogP contribution in [0.5, 0.6) is 5.75 Å². The second kappa shape index (κ2) is 6.05. The van der Waals surface area contributed by atoms with E-state index in [-0.39, 0.29) is 0 Å². The van der Waals surface area contributed by atoms with E-state index >= 15 is 0 Å². The molecule has 0 unspecified atom stereocenters. The summed E-state index contributed by atoms with van der Waals surface area (Å²) >= 11 is 0. The predicted molar refractivity (Wildman–Crippen MR) is 74.7 cm³/mol. The van der Waals surface area contributed by atoms with Gasteiger partial charge in [0.05, 0.1) is 12.5 Å². The molecule has 0 amide bonds. The lowest BCUT2D eigenvalue weighted by molar-refractivity contribution is 0.310. The minimum absolute atomic E-state index is 0.339. The molecular formula is C15H19N3O2. The summed E-state index contributed by atoms with van der Waals surface area (Å²) in [5, 5.41) is 7.37. The van der Waals surface area contributed by atoms with Gasteiger partial charge >= 0.3 is 0 Å². The van der Waals surface area contributed by atoms with E-state index in [1.165, 1.54) is 0 Å². The smallest absolute Gasteiger partial charge is 0.231 e. The van der Waals surface area contributed by atoms with Gasteiger partial charge in [0.1, 0.15) is 5.75 Å². The average Bonchev–Trinajstić information content (AvgIpc) is 3.09. The number of benzene rings is 1. The first kappa shape index (κ1) is 13.1. The van der Waals surface area contributed by atoms with Crippen molar-refractivity contribution in [2.24, 2.45) is 5.92 Å². The largest absolute Gasteiger partial charge is 0.493 e. The topological polar surface area (TPSA) is 60.2 Å². The Morgan fingerprint density at radius 3 is 2.90 bits per heavy atom. The molecule has 0 radical (unpaired) electrons. The quantitative estimate of drug-likeness (QED) is 0.903. The first-order valence-corrected chi connectivity index (χ1v) is 7.04. The number of hydrogen-bond donors (Lipinski definition) is 1. The molecule has 3 rings (SSSR count). The zero-order valence-electron chi connectivity index (χ0n) is 11.6. The lowest BCUT2D eigenvalue weighted by atomic mass is 9.98. The first-order chi connectivity index (χ1) is 9.83. The van der Waals surface area contributed by atoms with E-state index in [9.17, 15) is 0 Å². The predicted octanol–water partition coefficient (Wildman–Crippen LogP) is 2.01. The molecule has 1 aromatic heterocycles. The summed E-state index contributed by atoms with van der Waals surface area (Å²) < 4.78 is 11.0. The van der Waals surface area contributed by atoms with Crippen LogP contribution in [0, 0.1) is 5.92 Å². The molecule has 5 heteroatoms. The fraction of sp³-hybridized carbons (Fsp3) is 0.467. The number of hydrogen-bond acceptors (Lipinski definition) is 5. The molecule has 1 saturated heterocycles. The van der Waals surface area contributed by atoms with Crippen LogP contribution in [0.15, 0.2) is 34.9 Å². The van der Waals surface area contributed by atoms with Gasteiger partial charge < -0.3 is 14.6 Å². The maximum absolute atomic E-state index is 5.63. The van der Waals surface area contributed by atoms with Gasteiger partial charge in [-0.3, -0.25) is 0 Å². The fourth-order valence-corrected chi connectivity index (χ4v) is 2.44. The molecule has 2 aromatic rings. The van der Waals surface area contributed by atoms with Gasteiger partial charge in [-0.15, -0.1) is 0 Å². The standard InChI is InChI=1S/C15H19N3O2/c1-11-9-16-10-13(11)15-17-14(18-20-15)7-8-19-12-5-3-2-4-6-12/h2-6,11,13,16H,7-10H2,1H3/t11-,13-/m1/s1. The Bertz CT molecular complexity index is 541. The van der Waals surface area contributed by atoms with Crippen LogP contribution in [0.2, 0.25) is 0 Å². The molecule has 106 valence electrons. The Hall–Kier alpha value is -1.88. The molecule has 0 aliphatic carbocycles. The average molecular weight is 273 g/mol. The number of ether oxygens (including phenoxy) is 1. The summed E-state index contributed by atoms with van der Waals surface area (Å²) in [4.78, 5) is 4.48. The molecule has 1 aliphatic rings. The molecule has 5 nitrogen and oxygen atoms in total. The van der Waals surface area contributed by atoms with E-state index < -0.39 is 0 Å². The third-order valence-electron chi connectivity index (χ3n) is 3.66. The van der Waals surface area contributed by atoms with E-state index in [0.717, 1.165) is 30.6 Å². The van der Waals surface area contributed by atoms with Gasteiger partial charge in [-0.2, -0.15) is 4.98 Å². The second-order valence-corrected chi connectivity index (χ2v) is 5.20. The van der Waals surface area contributed by atoms with Crippen molar-refractivity contribution in [3.05, 3.63) is 42.0 Å². The van der Waals surface area contributed by atoms with Crippen LogP contribution in [-0.4, -0.2) is 29.8 Å². The molecule has 0 spiro atoms. The van der Waals surface area contributed by atoms with Gasteiger partial charge in [0.15, 0.2) is 5.82 Å². The molecule has 1 aromatic carbocycles. The molecule has 1 fully saturated rings. The summed E-state index contributed by atoms with van der Waals surface area (Å²) in [5.74, 6) is 3.22. The maximum atomic E-state index is 5.63. The molecule has 1 aliphatic heterocycles. The van der Waals surface area contributed by atoms with Gasteiger partial charge in [-0.25, -0.2) is 0 Å². The Morgan fingerprint density at radius 2 is 2.15 bits per heavy atom. The van der Waals surface area contributed by atoms with Crippen LogP contribution < -0.4 is 10.1 Å². The number of aromatic nitrogens is 2. The zero-order valence-corrected chi connectivity index (χ0v) is 11.6. The van der Waals surface area contributed by atoms with Crippen molar-refractivity contribution in [2.45, 2.75) is 19.3 Å². The summed E-state index contributed by atoms with van der Waals surface area (Å²) in [6.45, 7) is 4.69. The van der Waals surface area contributed by atoms with Crippen LogP contribution in [0.25, 0.3) is 0 Å². The minimum Gasteiger partial charge on any atom is -0.493 e. The normalized spacial score (nSPS) is 22.1. The van der Waals surface area contributed by atoms with Crippen molar-refractivity contribution in [1.29, 1.82) is 0 Å². The summed E-state index contributed by atoms with van der Waals surface area (Å²) in [6, 6.07) is 9.75. The molecule has 0 saturated carbocycles. The van der Waals surface area contributed by atoms with E-state index in [2.05, 4.69) is 22.4 Å². The van der Waals surface area contributed by atoms with Crippen molar-refractivity contribution in [2.75, 3.05) is 19.7 Å². The van der Waals surface area contributed by atoms with Crippen molar-refractivity contribution >= 4 is 0 Å². The van der Waals surface area contributed by atoms with Gasteiger partial charge in [0.25, 0.3) is 0 Å². The molecule has 20 heavy (non-hydrogen) atoms. The number of rotatable bonds is 5. The molecule has 1 N–H and O–H groups in total. The van der Waals surface area contributed by atoms with Crippen molar-refractivity contribution in [1.82, 2.24) is 15.5 Å². The van der Waals surface area contributed by atoms with Crippen LogP contribution >= 0.6 is 0 Å². The molecular weight excluding hydrogens is 254 g/mol. The highest BCUT2D eigenvalue weighted by Crippen LogP contribution is 2.26. The summed E-state index contributed by atoms with van der Waals surface area (Å²) in [7, 11) is 0. The Balaban J connectivity index is 1.52. The van der Waals surface area contributed by atoms with Gasteiger partial charge in [0.2, 0.25) is 5.89 Å². The maximum Gasteiger partial charge on any atom is 0.231 e. The van der Waals surface area contributed by atoms with E-state index in [1.54, 1.807) is 0 Å². The highest BCUT2D eigenvalue weighted by molar-refractivity contribution is 5.20. The van der Waals surface area contributed by atoms with Gasteiger partial charge in [-0.05, 0) is 24.6 Å².